The lowest BCUT2D eigenvalue weighted by atomic mass is 9.49. The molecule has 13 heteroatoms. The van der Waals surface area contributed by atoms with Crippen LogP contribution in [0, 0.1) is 46.3 Å². The predicted octanol–water partition coefficient (Wildman–Crippen LogP) is 8.31. The van der Waals surface area contributed by atoms with Gasteiger partial charge in [-0.2, -0.15) is 0 Å². The van der Waals surface area contributed by atoms with Crippen LogP contribution < -0.4 is 21.3 Å². The molecule has 53 heavy (non-hydrogen) atoms. The predicted molar refractivity (Wildman–Crippen MR) is 210 cm³/mol. The topological polar surface area (TPSA) is 142 Å². The van der Waals surface area contributed by atoms with Gasteiger partial charge in [-0.15, -0.1) is 10.2 Å². The summed E-state index contributed by atoms with van der Waals surface area (Å²) in [6, 6.07) is 14.7. The number of carbonyl (C=O) groups is 4. The number of hydrogen-bond acceptors (Lipinski definition) is 9. The summed E-state index contributed by atoms with van der Waals surface area (Å²) >= 11 is 3.93. The second-order valence-electron chi connectivity index (χ2n) is 17.0. The Hall–Kier alpha value is -3.42. The third kappa shape index (κ3) is 7.62. The van der Waals surface area contributed by atoms with Crippen molar-refractivity contribution >= 4 is 81.2 Å². The fraction of sp³-hybridized carbons (Fsp3) is 0.550. The molecule has 1 aromatic heterocycles. The highest BCUT2D eigenvalue weighted by Gasteiger charge is 2.55. The number of carbonyl (C=O) groups excluding carboxylic acids is 4. The Morgan fingerprint density at radius 1 is 0.547 bits per heavy atom. The van der Waals surface area contributed by atoms with Gasteiger partial charge in [0.1, 0.15) is 0 Å². The van der Waals surface area contributed by atoms with Gasteiger partial charge >= 0.3 is 0 Å². The van der Waals surface area contributed by atoms with Crippen LogP contribution in [0.15, 0.2) is 57.2 Å². The zero-order chi connectivity index (χ0) is 36.2. The molecule has 8 saturated carbocycles. The summed E-state index contributed by atoms with van der Waals surface area (Å²) in [5, 5.41) is 20.6. The molecule has 3 aromatic rings. The van der Waals surface area contributed by atoms with Gasteiger partial charge < -0.3 is 21.3 Å². The Bertz CT molecular complexity index is 1730. The molecule has 8 aliphatic carbocycles. The van der Waals surface area contributed by atoms with Gasteiger partial charge in [0.25, 0.3) is 0 Å². The quantitative estimate of drug-likeness (QED) is 0.135. The summed E-state index contributed by atoms with van der Waals surface area (Å²) in [7, 11) is 0. The second-order valence-corrected chi connectivity index (χ2v) is 20.4. The van der Waals surface area contributed by atoms with Gasteiger partial charge in [-0.25, -0.2) is 0 Å². The van der Waals surface area contributed by atoms with Crippen LogP contribution in [0.3, 0.4) is 0 Å². The number of anilines is 4. The summed E-state index contributed by atoms with van der Waals surface area (Å²) in [6.45, 7) is 0. The lowest BCUT2D eigenvalue weighted by Crippen LogP contribution is -2.51. The molecule has 0 aliphatic heterocycles. The molecule has 4 N–H and O–H groups in total. The SMILES string of the molecule is O=C(CSc1nnc(SCC(=O)Nc2cccc(NC(=O)C34CC5CC(CC(C5)C3)C4)c2)s1)Nc1cccc(NC(=O)C23CC4CC(CC(C4)C2)C3)c1. The zero-order valence-electron chi connectivity index (χ0n) is 29.7. The van der Waals surface area contributed by atoms with Gasteiger partial charge in [0.15, 0.2) is 8.68 Å². The maximum atomic E-state index is 13.5. The van der Waals surface area contributed by atoms with Crippen LogP contribution in [0.2, 0.25) is 0 Å². The molecule has 8 bridgehead atoms. The third-order valence-electron chi connectivity index (χ3n) is 12.9. The minimum atomic E-state index is -0.230. The monoisotopic (exact) mass is 770 g/mol. The average molecular weight is 771 g/mol. The van der Waals surface area contributed by atoms with Crippen molar-refractivity contribution < 1.29 is 19.2 Å². The summed E-state index contributed by atoms with van der Waals surface area (Å²) in [6.07, 6.45) is 13.8. The fourth-order valence-corrected chi connectivity index (χ4v) is 14.2. The first-order valence-corrected chi connectivity index (χ1v) is 22.0. The Kier molecular flexibility index (Phi) is 9.55. The van der Waals surface area contributed by atoms with E-state index in [2.05, 4.69) is 31.5 Å². The average Bonchev–Trinajstić information content (AvgIpc) is 3.57. The number of hydrogen-bond donors (Lipinski definition) is 4. The van der Waals surface area contributed by atoms with Gasteiger partial charge in [0, 0.05) is 22.7 Å². The minimum Gasteiger partial charge on any atom is -0.326 e. The number of benzene rings is 2. The van der Waals surface area contributed by atoms with Crippen LogP contribution >= 0.6 is 34.9 Å². The molecule has 4 amide bonds. The first kappa shape index (κ1) is 35.3. The van der Waals surface area contributed by atoms with E-state index in [1.165, 1.54) is 73.4 Å². The molecule has 8 aliphatic rings. The molecule has 0 saturated heterocycles. The van der Waals surface area contributed by atoms with Crippen LogP contribution in [-0.2, 0) is 19.2 Å². The summed E-state index contributed by atoms with van der Waals surface area (Å²) in [5.74, 6) is 4.41. The molecule has 10 nitrogen and oxygen atoms in total. The van der Waals surface area contributed by atoms with Crippen molar-refractivity contribution in [2.75, 3.05) is 32.8 Å². The molecule has 278 valence electrons. The van der Waals surface area contributed by atoms with Crippen molar-refractivity contribution in [3.63, 3.8) is 0 Å². The first-order chi connectivity index (χ1) is 25.7. The van der Waals surface area contributed by atoms with Gasteiger partial charge in [0.05, 0.1) is 22.3 Å². The molecule has 0 radical (unpaired) electrons. The number of nitrogens with zero attached hydrogens (tertiary/aromatic N) is 2. The number of nitrogens with one attached hydrogen (secondary N) is 4. The van der Waals surface area contributed by atoms with Gasteiger partial charge in [0.2, 0.25) is 23.6 Å². The smallest absolute Gasteiger partial charge is 0.234 e. The van der Waals surface area contributed by atoms with Crippen molar-refractivity contribution in [1.29, 1.82) is 0 Å². The Labute approximate surface area is 322 Å². The fourth-order valence-electron chi connectivity index (χ4n) is 11.6. The zero-order valence-corrected chi connectivity index (χ0v) is 32.2. The number of amides is 4. The standard InChI is InChI=1S/C40H46N6O4S3/c47-33(41-29-3-1-5-31(13-29)43-35(49)39-15-23-7-24(16-39)9-25(8-23)17-39)21-51-37-45-46-38(53-37)52-22-34(48)42-30-4-2-6-32(14-30)44-36(50)40-18-26-10-27(19-40)12-28(11-26)20-40/h1-6,13-14,23-28H,7-12,15-22H2,(H,41,47)(H,42,48)(H,43,49)(H,44,50). The molecule has 0 unspecified atom stereocenters. The third-order valence-corrected chi connectivity index (χ3v) is 16.1. The Balaban J connectivity index is 0.714. The number of aromatic nitrogens is 2. The molecular formula is C40H46N6O4S3. The second kappa shape index (κ2) is 14.3. The maximum Gasteiger partial charge on any atom is 0.234 e. The van der Waals surface area contributed by atoms with E-state index in [1.54, 1.807) is 0 Å². The van der Waals surface area contributed by atoms with Crippen LogP contribution in [0.4, 0.5) is 22.7 Å². The molecule has 11 rings (SSSR count). The normalized spacial score (nSPS) is 31.6. The first-order valence-electron chi connectivity index (χ1n) is 19.2. The van der Waals surface area contributed by atoms with E-state index >= 15 is 0 Å². The van der Waals surface area contributed by atoms with Crippen LogP contribution in [0.25, 0.3) is 0 Å². The van der Waals surface area contributed by atoms with E-state index in [1.807, 2.05) is 48.5 Å². The molecule has 2 aromatic carbocycles. The molecule has 0 spiro atoms. The summed E-state index contributed by atoms with van der Waals surface area (Å²) in [4.78, 5) is 52.7. The molecule has 1 heterocycles. The van der Waals surface area contributed by atoms with Crippen molar-refractivity contribution in [3.05, 3.63) is 48.5 Å². The highest BCUT2D eigenvalue weighted by Crippen LogP contribution is 2.61. The van der Waals surface area contributed by atoms with Crippen molar-refractivity contribution in [1.82, 2.24) is 10.2 Å². The van der Waals surface area contributed by atoms with Gasteiger partial charge in [-0.1, -0.05) is 47.0 Å². The van der Waals surface area contributed by atoms with E-state index < -0.39 is 0 Å². The van der Waals surface area contributed by atoms with Gasteiger partial charge in [-0.3, -0.25) is 19.2 Å². The van der Waals surface area contributed by atoms with Crippen LogP contribution in [0.1, 0.15) is 77.0 Å². The van der Waals surface area contributed by atoms with Gasteiger partial charge in [-0.05, 0) is 149 Å². The van der Waals surface area contributed by atoms with Crippen molar-refractivity contribution in [3.8, 4) is 0 Å². The maximum absolute atomic E-state index is 13.5. The largest absolute Gasteiger partial charge is 0.326 e. The molecule has 0 atom stereocenters. The Morgan fingerprint density at radius 3 is 1.21 bits per heavy atom. The highest BCUT2D eigenvalue weighted by atomic mass is 32.2. The van der Waals surface area contributed by atoms with Crippen LogP contribution in [-0.4, -0.2) is 45.3 Å². The molecular weight excluding hydrogens is 725 g/mol. The van der Waals surface area contributed by atoms with E-state index in [4.69, 9.17) is 0 Å². The summed E-state index contributed by atoms with van der Waals surface area (Å²) in [5.41, 5.74) is 2.22. The lowest BCUT2D eigenvalue weighted by Gasteiger charge is -2.55. The number of rotatable bonds is 12. The van der Waals surface area contributed by atoms with E-state index in [0.717, 1.165) is 38.5 Å². The Morgan fingerprint density at radius 2 is 0.868 bits per heavy atom. The van der Waals surface area contributed by atoms with E-state index in [9.17, 15) is 19.2 Å². The van der Waals surface area contributed by atoms with Crippen molar-refractivity contribution in [2.45, 2.75) is 85.7 Å². The highest BCUT2D eigenvalue weighted by molar-refractivity contribution is 8.03. The van der Waals surface area contributed by atoms with Crippen molar-refractivity contribution in [2.24, 2.45) is 46.3 Å². The molecule has 8 fully saturated rings. The lowest BCUT2D eigenvalue weighted by molar-refractivity contribution is -0.141. The van der Waals surface area contributed by atoms with E-state index in [-0.39, 0.29) is 46.0 Å². The van der Waals surface area contributed by atoms with E-state index in [0.29, 0.717) is 66.9 Å². The minimum absolute atomic E-state index is 0.139. The number of thioether (sulfide) groups is 2. The summed E-state index contributed by atoms with van der Waals surface area (Å²) < 4.78 is 1.28. The van der Waals surface area contributed by atoms with Crippen LogP contribution in [0.5, 0.6) is 0 Å².